The minimum Gasteiger partial charge on any atom is -0.373 e. The van der Waals surface area contributed by atoms with Gasteiger partial charge in [-0.2, -0.15) is 0 Å². The van der Waals surface area contributed by atoms with Gasteiger partial charge in [0, 0.05) is 16.5 Å². The highest BCUT2D eigenvalue weighted by atomic mass is 35.5. The molecule has 31 heavy (non-hydrogen) atoms. The maximum absolute atomic E-state index is 11.7. The number of rotatable bonds is 8. The molecule has 1 unspecified atom stereocenters. The zero-order valence-corrected chi connectivity index (χ0v) is 19.9. The van der Waals surface area contributed by atoms with E-state index in [2.05, 4.69) is 37.8 Å². The van der Waals surface area contributed by atoms with Crippen LogP contribution in [-0.4, -0.2) is 29.2 Å². The van der Waals surface area contributed by atoms with Crippen LogP contribution in [0.4, 0.5) is 0 Å². The summed E-state index contributed by atoms with van der Waals surface area (Å²) < 4.78 is 0.950. The number of aliphatic hydroxyl groups is 1. The number of halogens is 1. The standard InChI is InChI=1S/C28H37ClNO/c1-3-30(4-2,23-24-15-11-12-20-27(24)29)22-14-13-21-28(31,25-16-7-5-8-17-25)26-18-9-6-10-19-26/h5,7-8,11-12,15-17,20,26,31H,3-4,6,9-10,14,18-19,22-23H2,1-2H3/q+1. The molecular weight excluding hydrogens is 402 g/mol. The van der Waals surface area contributed by atoms with Crippen LogP contribution in [0.1, 0.15) is 63.5 Å². The Kier molecular flexibility index (Phi) is 8.61. The third kappa shape index (κ3) is 5.92. The van der Waals surface area contributed by atoms with Crippen LogP contribution in [-0.2, 0) is 12.1 Å². The minimum absolute atomic E-state index is 0.218. The smallest absolute Gasteiger partial charge is 0.153 e. The predicted octanol–water partition coefficient (Wildman–Crippen LogP) is 6.56. The largest absolute Gasteiger partial charge is 0.373 e. The summed E-state index contributed by atoms with van der Waals surface area (Å²) in [5, 5.41) is 12.6. The fourth-order valence-electron chi connectivity index (χ4n) is 4.94. The van der Waals surface area contributed by atoms with Crippen molar-refractivity contribution in [1.29, 1.82) is 0 Å². The van der Waals surface area contributed by atoms with Crippen molar-refractivity contribution in [3.8, 4) is 11.8 Å². The van der Waals surface area contributed by atoms with Crippen LogP contribution in [0, 0.1) is 17.8 Å². The molecule has 0 spiro atoms. The van der Waals surface area contributed by atoms with Crippen LogP contribution >= 0.6 is 11.6 Å². The van der Waals surface area contributed by atoms with Gasteiger partial charge in [0.05, 0.1) is 26.1 Å². The first-order chi connectivity index (χ1) is 15.0. The molecule has 2 aromatic carbocycles. The lowest BCUT2D eigenvalue weighted by molar-refractivity contribution is -0.937. The van der Waals surface area contributed by atoms with Crippen molar-refractivity contribution in [2.45, 2.75) is 64.5 Å². The van der Waals surface area contributed by atoms with Gasteiger partial charge >= 0.3 is 0 Å². The van der Waals surface area contributed by atoms with Crippen LogP contribution in [0.2, 0.25) is 5.02 Å². The lowest BCUT2D eigenvalue weighted by Crippen LogP contribution is -2.47. The lowest BCUT2D eigenvalue weighted by atomic mass is 9.73. The zero-order chi connectivity index (χ0) is 22.2. The summed E-state index contributed by atoms with van der Waals surface area (Å²) in [4.78, 5) is 0. The van der Waals surface area contributed by atoms with E-state index in [1.165, 1.54) is 24.8 Å². The molecule has 1 aliphatic carbocycles. The second-order valence-electron chi connectivity index (χ2n) is 8.97. The van der Waals surface area contributed by atoms with Crippen LogP contribution in [0.3, 0.4) is 0 Å². The van der Waals surface area contributed by atoms with Crippen molar-refractivity contribution in [3.05, 3.63) is 70.7 Å². The van der Waals surface area contributed by atoms with Gasteiger partial charge in [-0.25, -0.2) is 0 Å². The molecule has 0 radical (unpaired) electrons. The van der Waals surface area contributed by atoms with Crippen molar-refractivity contribution in [2.24, 2.45) is 5.92 Å². The number of benzene rings is 2. The highest BCUT2D eigenvalue weighted by Crippen LogP contribution is 2.39. The second-order valence-corrected chi connectivity index (χ2v) is 9.37. The Morgan fingerprint density at radius 3 is 2.26 bits per heavy atom. The fourth-order valence-corrected chi connectivity index (χ4v) is 5.14. The number of hydrogen-bond donors (Lipinski definition) is 1. The van der Waals surface area contributed by atoms with E-state index < -0.39 is 5.60 Å². The third-order valence-corrected chi connectivity index (χ3v) is 7.57. The molecule has 0 bridgehead atoms. The SMILES string of the molecule is CC[N+](CC)(CCC#CC(O)(c1ccccc1)C1CCCCC1)Cc1ccccc1Cl. The molecule has 166 valence electrons. The quantitative estimate of drug-likeness (QED) is 0.365. The second kappa shape index (κ2) is 11.2. The predicted molar refractivity (Wildman–Crippen MR) is 131 cm³/mol. The molecular formula is C28H37ClNO+. The van der Waals surface area contributed by atoms with E-state index >= 15 is 0 Å². The van der Waals surface area contributed by atoms with Gasteiger partial charge in [-0.3, -0.25) is 0 Å². The third-order valence-electron chi connectivity index (χ3n) is 7.21. The maximum atomic E-state index is 11.7. The zero-order valence-electron chi connectivity index (χ0n) is 19.1. The molecule has 2 nitrogen and oxygen atoms in total. The van der Waals surface area contributed by atoms with Crippen molar-refractivity contribution in [3.63, 3.8) is 0 Å². The van der Waals surface area contributed by atoms with E-state index in [0.717, 1.165) is 60.5 Å². The summed E-state index contributed by atoms with van der Waals surface area (Å²) in [5.41, 5.74) is 1.10. The normalized spacial score (nSPS) is 16.9. The van der Waals surface area contributed by atoms with Crippen molar-refractivity contribution in [2.75, 3.05) is 19.6 Å². The van der Waals surface area contributed by atoms with Gasteiger partial charge in [0.15, 0.2) is 5.60 Å². The molecule has 1 fully saturated rings. The van der Waals surface area contributed by atoms with Gasteiger partial charge in [0.1, 0.15) is 6.54 Å². The Morgan fingerprint density at radius 2 is 1.61 bits per heavy atom. The summed E-state index contributed by atoms with van der Waals surface area (Å²) in [5.74, 6) is 6.96. The van der Waals surface area contributed by atoms with Crippen LogP contribution in [0.25, 0.3) is 0 Å². The highest BCUT2D eigenvalue weighted by Gasteiger charge is 2.37. The molecule has 3 heteroatoms. The minimum atomic E-state index is -1.04. The molecule has 1 saturated carbocycles. The van der Waals surface area contributed by atoms with Crippen LogP contribution in [0.15, 0.2) is 54.6 Å². The van der Waals surface area contributed by atoms with E-state index in [0.29, 0.717) is 0 Å². The first-order valence-corrected chi connectivity index (χ1v) is 12.3. The molecule has 1 N–H and O–H groups in total. The molecule has 1 aliphatic rings. The maximum Gasteiger partial charge on any atom is 0.153 e. The highest BCUT2D eigenvalue weighted by molar-refractivity contribution is 6.31. The summed E-state index contributed by atoms with van der Waals surface area (Å²) in [6.45, 7) is 8.44. The summed E-state index contributed by atoms with van der Waals surface area (Å²) in [6, 6.07) is 18.2. The van der Waals surface area contributed by atoms with Gasteiger partial charge in [0.2, 0.25) is 0 Å². The number of quaternary nitrogens is 1. The van der Waals surface area contributed by atoms with Crippen LogP contribution < -0.4 is 0 Å². The van der Waals surface area contributed by atoms with Gasteiger partial charge < -0.3 is 9.59 Å². The fraction of sp³-hybridized carbons (Fsp3) is 0.500. The average molecular weight is 439 g/mol. The molecule has 0 aliphatic heterocycles. The summed E-state index contributed by atoms with van der Waals surface area (Å²) in [7, 11) is 0. The Bertz CT molecular complexity index is 875. The van der Waals surface area contributed by atoms with E-state index in [-0.39, 0.29) is 5.92 Å². The summed E-state index contributed by atoms with van der Waals surface area (Å²) in [6.07, 6.45) is 6.51. The Hall–Kier alpha value is -1.79. The van der Waals surface area contributed by atoms with Crippen molar-refractivity contribution < 1.29 is 9.59 Å². The topological polar surface area (TPSA) is 20.2 Å². The number of hydrogen-bond acceptors (Lipinski definition) is 1. The van der Waals surface area contributed by atoms with E-state index in [4.69, 9.17) is 11.6 Å². The van der Waals surface area contributed by atoms with E-state index in [1.807, 2.05) is 42.5 Å². The average Bonchev–Trinajstić information content (AvgIpc) is 2.83. The molecule has 0 heterocycles. The first kappa shape index (κ1) is 23.9. The van der Waals surface area contributed by atoms with Crippen molar-refractivity contribution >= 4 is 11.6 Å². The molecule has 3 rings (SSSR count). The molecule has 2 aromatic rings. The van der Waals surface area contributed by atoms with Gasteiger partial charge in [-0.05, 0) is 38.3 Å². The van der Waals surface area contributed by atoms with Gasteiger partial charge in [0.25, 0.3) is 0 Å². The Labute approximate surface area is 193 Å². The van der Waals surface area contributed by atoms with E-state index in [1.54, 1.807) is 0 Å². The Balaban J connectivity index is 1.77. The molecule has 0 saturated heterocycles. The van der Waals surface area contributed by atoms with Gasteiger partial charge in [-0.15, -0.1) is 0 Å². The van der Waals surface area contributed by atoms with Crippen LogP contribution in [0.5, 0.6) is 0 Å². The monoisotopic (exact) mass is 438 g/mol. The Morgan fingerprint density at radius 1 is 0.968 bits per heavy atom. The molecule has 0 aromatic heterocycles. The summed E-state index contributed by atoms with van der Waals surface area (Å²) >= 11 is 6.45. The number of nitrogens with zero attached hydrogens (tertiary/aromatic N) is 1. The van der Waals surface area contributed by atoms with Crippen molar-refractivity contribution in [1.82, 2.24) is 0 Å². The lowest BCUT2D eigenvalue weighted by Gasteiger charge is -2.37. The van der Waals surface area contributed by atoms with Gasteiger partial charge in [-0.1, -0.05) is 91.2 Å². The first-order valence-electron chi connectivity index (χ1n) is 11.9. The molecule has 1 atom stereocenters. The van der Waals surface area contributed by atoms with E-state index in [9.17, 15) is 5.11 Å². The molecule has 0 amide bonds.